The second-order valence-corrected chi connectivity index (χ2v) is 4.29. The lowest BCUT2D eigenvalue weighted by atomic mass is 10.5. The van der Waals surface area contributed by atoms with E-state index in [4.69, 9.17) is 0 Å². The van der Waals surface area contributed by atoms with Crippen LogP contribution in [0.3, 0.4) is 0 Å². The van der Waals surface area contributed by atoms with Crippen LogP contribution in [0.2, 0.25) is 0 Å². The smallest absolute Gasteiger partial charge is 0.358 e. The van der Waals surface area contributed by atoms with Crippen LogP contribution in [0.15, 0.2) is 29.4 Å². The molecule has 6 nitrogen and oxygen atoms in total. The fourth-order valence-corrected chi connectivity index (χ4v) is 1.38. The molecule has 1 heterocycles. The highest BCUT2D eigenvalue weighted by molar-refractivity contribution is 7.94. The predicted molar refractivity (Wildman–Crippen MR) is 50.8 cm³/mol. The first-order valence-electron chi connectivity index (χ1n) is 3.79. The van der Waals surface area contributed by atoms with Crippen LogP contribution in [0, 0.1) is 0 Å². The molecule has 0 N–H and O–H groups in total. The Labute approximate surface area is 86.5 Å². The molecule has 1 aromatic heterocycles. The largest absolute Gasteiger partial charge is 0.464 e. The van der Waals surface area contributed by atoms with E-state index in [1.807, 2.05) is 0 Å². The summed E-state index contributed by atoms with van der Waals surface area (Å²) in [6.45, 7) is 3.13. The summed E-state index contributed by atoms with van der Waals surface area (Å²) in [6.07, 6.45) is 2.15. The van der Waals surface area contributed by atoms with Gasteiger partial charge in [-0.05, 0) is 0 Å². The first-order chi connectivity index (χ1) is 7.01. The number of aromatic nitrogens is 2. The number of nitrogens with zero attached hydrogens (tertiary/aromatic N) is 2. The molecule has 1 rings (SSSR count). The zero-order valence-electron chi connectivity index (χ0n) is 7.87. The second kappa shape index (κ2) is 4.18. The Morgan fingerprint density at radius 3 is 2.73 bits per heavy atom. The Kier molecular flexibility index (Phi) is 3.15. The van der Waals surface area contributed by atoms with E-state index in [1.54, 1.807) is 0 Å². The normalized spacial score (nSPS) is 10.7. The van der Waals surface area contributed by atoms with Crippen LogP contribution >= 0.6 is 0 Å². The molecule has 80 valence electrons. The quantitative estimate of drug-likeness (QED) is 0.686. The van der Waals surface area contributed by atoms with Gasteiger partial charge in [-0.15, -0.1) is 0 Å². The van der Waals surface area contributed by atoms with E-state index in [9.17, 15) is 13.2 Å². The molecule has 0 aromatic carbocycles. The van der Waals surface area contributed by atoms with E-state index < -0.39 is 15.8 Å². The number of carbonyl (C=O) groups excluding carboxylic acids is 1. The van der Waals surface area contributed by atoms with E-state index in [0.717, 1.165) is 17.8 Å². The van der Waals surface area contributed by atoms with E-state index >= 15 is 0 Å². The number of sulfone groups is 1. The number of hydrogen-bond acceptors (Lipinski definition) is 6. The average Bonchev–Trinajstić information content (AvgIpc) is 2.28. The van der Waals surface area contributed by atoms with Gasteiger partial charge in [0.05, 0.1) is 19.5 Å². The topological polar surface area (TPSA) is 86.2 Å². The van der Waals surface area contributed by atoms with Gasteiger partial charge in [-0.3, -0.25) is 4.98 Å². The van der Waals surface area contributed by atoms with Gasteiger partial charge in [0.15, 0.2) is 10.7 Å². The van der Waals surface area contributed by atoms with Gasteiger partial charge in [0.1, 0.15) is 0 Å². The first-order valence-corrected chi connectivity index (χ1v) is 5.34. The highest BCUT2D eigenvalue weighted by Crippen LogP contribution is 2.07. The summed E-state index contributed by atoms with van der Waals surface area (Å²) in [5.74, 6) is -0.747. The molecule has 0 unspecified atom stereocenters. The summed E-state index contributed by atoms with van der Waals surface area (Å²) in [6, 6.07) is 0. The monoisotopic (exact) mass is 228 g/mol. The average molecular weight is 228 g/mol. The summed E-state index contributed by atoms with van der Waals surface area (Å²) in [5.41, 5.74) is -0.166. The fraction of sp³-hybridized carbons (Fsp3) is 0.125. The highest BCUT2D eigenvalue weighted by atomic mass is 32.2. The van der Waals surface area contributed by atoms with E-state index in [1.165, 1.54) is 7.11 Å². The third kappa shape index (κ3) is 2.38. The van der Waals surface area contributed by atoms with Crippen LogP contribution in [0.5, 0.6) is 0 Å². The first kappa shape index (κ1) is 11.3. The summed E-state index contributed by atoms with van der Waals surface area (Å²) in [5, 5.41) is 0.401. The Balaban J connectivity index is 3.25. The number of hydrogen-bond donors (Lipinski definition) is 0. The van der Waals surface area contributed by atoms with Gasteiger partial charge in [0, 0.05) is 5.41 Å². The van der Waals surface area contributed by atoms with Crippen LogP contribution < -0.4 is 0 Å². The minimum absolute atomic E-state index is 0.166. The number of rotatable bonds is 3. The molecule has 0 fully saturated rings. The summed E-state index contributed by atoms with van der Waals surface area (Å²) < 4.78 is 27.0. The van der Waals surface area contributed by atoms with Gasteiger partial charge in [-0.25, -0.2) is 18.2 Å². The van der Waals surface area contributed by atoms with Crippen molar-refractivity contribution in [2.75, 3.05) is 7.11 Å². The van der Waals surface area contributed by atoms with Crippen LogP contribution in [0.4, 0.5) is 0 Å². The van der Waals surface area contributed by atoms with Crippen molar-refractivity contribution in [2.24, 2.45) is 0 Å². The molecule has 0 aliphatic heterocycles. The minimum atomic E-state index is -3.68. The number of carbonyl (C=O) groups is 1. The lowest BCUT2D eigenvalue weighted by Crippen LogP contribution is -2.09. The Hall–Kier alpha value is -1.76. The highest BCUT2D eigenvalue weighted by Gasteiger charge is 2.15. The number of ether oxygens (including phenoxy) is 1. The van der Waals surface area contributed by atoms with Crippen LogP contribution in [0.25, 0.3) is 0 Å². The second-order valence-electron chi connectivity index (χ2n) is 2.45. The zero-order valence-corrected chi connectivity index (χ0v) is 8.69. The Morgan fingerprint density at radius 1 is 1.53 bits per heavy atom. The Morgan fingerprint density at radius 2 is 2.20 bits per heavy atom. The van der Waals surface area contributed by atoms with Gasteiger partial charge in [-0.1, -0.05) is 6.58 Å². The molecule has 15 heavy (non-hydrogen) atoms. The maximum Gasteiger partial charge on any atom is 0.358 e. The molecule has 0 spiro atoms. The number of methoxy groups -OCH3 is 1. The molecule has 0 aliphatic rings. The molecular formula is C8H8N2O4S. The van der Waals surface area contributed by atoms with Crippen molar-refractivity contribution in [1.29, 1.82) is 0 Å². The SMILES string of the molecule is C=CS(=O)(=O)c1cncc(C(=O)OC)n1. The molecule has 0 bridgehead atoms. The van der Waals surface area contributed by atoms with Crippen LogP contribution in [0.1, 0.15) is 10.5 Å². The van der Waals surface area contributed by atoms with E-state index in [0.29, 0.717) is 0 Å². The molecule has 0 amide bonds. The van der Waals surface area contributed by atoms with Crippen molar-refractivity contribution >= 4 is 15.8 Å². The van der Waals surface area contributed by atoms with Crippen molar-refractivity contribution in [3.63, 3.8) is 0 Å². The molecule has 0 aliphatic carbocycles. The van der Waals surface area contributed by atoms with Crippen molar-refractivity contribution in [3.05, 3.63) is 30.1 Å². The standard InChI is InChI=1S/C8H8N2O4S/c1-3-15(12,13)7-5-9-4-6(10-7)8(11)14-2/h3-5H,1H2,2H3. The minimum Gasteiger partial charge on any atom is -0.464 e. The van der Waals surface area contributed by atoms with Gasteiger partial charge in [-0.2, -0.15) is 0 Å². The Bertz CT molecular complexity index is 495. The molecule has 0 saturated heterocycles. The summed E-state index contributed by atoms with van der Waals surface area (Å²) >= 11 is 0. The molecule has 0 radical (unpaired) electrons. The molecule has 0 saturated carbocycles. The van der Waals surface area contributed by atoms with Crippen molar-refractivity contribution in [2.45, 2.75) is 5.03 Å². The molecule has 0 atom stereocenters. The van der Waals surface area contributed by atoms with Gasteiger partial charge >= 0.3 is 5.97 Å². The zero-order chi connectivity index (χ0) is 11.5. The van der Waals surface area contributed by atoms with E-state index in [2.05, 4.69) is 21.3 Å². The summed E-state index contributed by atoms with van der Waals surface area (Å²) in [7, 11) is -2.51. The lowest BCUT2D eigenvalue weighted by molar-refractivity contribution is 0.0592. The van der Waals surface area contributed by atoms with Crippen molar-refractivity contribution in [3.8, 4) is 0 Å². The van der Waals surface area contributed by atoms with Crippen molar-refractivity contribution in [1.82, 2.24) is 9.97 Å². The third-order valence-electron chi connectivity index (χ3n) is 1.52. The maximum absolute atomic E-state index is 11.3. The van der Waals surface area contributed by atoms with Gasteiger partial charge < -0.3 is 4.74 Å². The molecular weight excluding hydrogens is 220 g/mol. The predicted octanol–water partition coefficient (Wildman–Crippen LogP) is 0.180. The summed E-state index contributed by atoms with van der Waals surface area (Å²) in [4.78, 5) is 18.2. The van der Waals surface area contributed by atoms with Crippen LogP contribution in [-0.2, 0) is 14.6 Å². The fourth-order valence-electron chi connectivity index (χ4n) is 0.773. The number of esters is 1. The lowest BCUT2D eigenvalue weighted by Gasteiger charge is -2.00. The molecule has 7 heteroatoms. The van der Waals surface area contributed by atoms with Gasteiger partial charge in [0.25, 0.3) is 0 Å². The maximum atomic E-state index is 11.3. The third-order valence-corrected chi connectivity index (χ3v) is 2.74. The van der Waals surface area contributed by atoms with E-state index in [-0.39, 0.29) is 10.7 Å². The van der Waals surface area contributed by atoms with Crippen LogP contribution in [-0.4, -0.2) is 31.5 Å². The molecule has 1 aromatic rings. The van der Waals surface area contributed by atoms with Gasteiger partial charge in [0.2, 0.25) is 9.84 Å². The van der Waals surface area contributed by atoms with Crippen molar-refractivity contribution < 1.29 is 17.9 Å².